The van der Waals surface area contributed by atoms with Gasteiger partial charge in [-0.15, -0.1) is 10.1 Å². The zero-order valence-corrected chi connectivity index (χ0v) is 12.7. The zero-order chi connectivity index (χ0) is 17.5. The van der Waals surface area contributed by atoms with Crippen molar-refractivity contribution in [2.45, 2.75) is 13.5 Å². The molecule has 0 heterocycles. The third kappa shape index (κ3) is 4.80. The van der Waals surface area contributed by atoms with Crippen molar-refractivity contribution in [1.29, 1.82) is 0 Å². The predicted octanol–water partition coefficient (Wildman–Crippen LogP) is 2.57. The highest BCUT2D eigenvalue weighted by Crippen LogP contribution is 2.18. The Hall–Kier alpha value is -3.42. The molecule has 1 amide bonds. The van der Waals surface area contributed by atoms with Crippen LogP contribution in [0.3, 0.4) is 0 Å². The summed E-state index contributed by atoms with van der Waals surface area (Å²) >= 11 is 0. The zero-order valence-electron chi connectivity index (χ0n) is 12.7. The van der Waals surface area contributed by atoms with Crippen LogP contribution in [0.2, 0.25) is 0 Å². The lowest BCUT2D eigenvalue weighted by atomic mass is 10.1. The van der Waals surface area contributed by atoms with E-state index in [1.165, 1.54) is 25.1 Å². The third-order valence-corrected chi connectivity index (χ3v) is 2.95. The van der Waals surface area contributed by atoms with E-state index in [1.54, 1.807) is 30.3 Å². The Labute approximate surface area is 137 Å². The van der Waals surface area contributed by atoms with E-state index in [0.29, 0.717) is 11.3 Å². The number of nitrogens with one attached hydrogen (secondary N) is 1. The third-order valence-electron chi connectivity index (χ3n) is 2.95. The van der Waals surface area contributed by atoms with Crippen molar-refractivity contribution in [2.75, 3.05) is 5.32 Å². The maximum atomic E-state index is 12.2. The smallest absolute Gasteiger partial charge is 0.343 e. The minimum atomic E-state index is -0.928. The van der Waals surface area contributed by atoms with Crippen LogP contribution < -0.4 is 10.1 Å². The molecule has 0 radical (unpaired) electrons. The average Bonchev–Trinajstić information content (AvgIpc) is 2.54. The molecular formula is C16H14N2O6. The topological polar surface area (TPSA) is 108 Å². The number of hydrogen-bond acceptors (Lipinski definition) is 6. The van der Waals surface area contributed by atoms with Crippen LogP contribution in [0, 0.1) is 10.1 Å². The first kappa shape index (κ1) is 16.9. The first-order chi connectivity index (χ1) is 11.5. The molecule has 2 rings (SSSR count). The molecular weight excluding hydrogens is 316 g/mol. The summed E-state index contributed by atoms with van der Waals surface area (Å²) in [5, 5.41) is 12.0. The highest BCUT2D eigenvalue weighted by molar-refractivity contribution is 5.93. The van der Waals surface area contributed by atoms with Crippen LogP contribution in [0.5, 0.6) is 5.75 Å². The van der Waals surface area contributed by atoms with E-state index in [1.807, 2.05) is 0 Å². The molecule has 2 aromatic rings. The Balaban J connectivity index is 2.09. The summed E-state index contributed by atoms with van der Waals surface area (Å²) in [4.78, 5) is 37.8. The van der Waals surface area contributed by atoms with Crippen LogP contribution in [0.1, 0.15) is 22.8 Å². The summed E-state index contributed by atoms with van der Waals surface area (Å²) in [6.45, 7) is 1.04. The van der Waals surface area contributed by atoms with E-state index in [-0.39, 0.29) is 23.8 Å². The van der Waals surface area contributed by atoms with E-state index >= 15 is 0 Å². The van der Waals surface area contributed by atoms with Gasteiger partial charge >= 0.3 is 5.97 Å². The minimum Gasteiger partial charge on any atom is -0.423 e. The Bertz CT molecular complexity index is 757. The second kappa shape index (κ2) is 7.73. The van der Waals surface area contributed by atoms with E-state index in [4.69, 9.17) is 4.74 Å². The Morgan fingerprint density at radius 2 is 1.79 bits per heavy atom. The molecule has 2 aromatic carbocycles. The average molecular weight is 330 g/mol. The van der Waals surface area contributed by atoms with Gasteiger partial charge in [-0.05, 0) is 35.9 Å². The van der Waals surface area contributed by atoms with Gasteiger partial charge in [-0.3, -0.25) is 4.79 Å². The van der Waals surface area contributed by atoms with Crippen molar-refractivity contribution in [3.8, 4) is 5.75 Å². The SMILES string of the molecule is CC(=O)Nc1ccc(OC(=O)c2ccccc2CO[N+](=O)[O-])cc1. The first-order valence-corrected chi connectivity index (χ1v) is 6.91. The number of carbonyl (C=O) groups excluding carboxylic acids is 2. The highest BCUT2D eigenvalue weighted by Gasteiger charge is 2.14. The van der Waals surface area contributed by atoms with Crippen LogP contribution in [0.15, 0.2) is 48.5 Å². The van der Waals surface area contributed by atoms with Crippen LogP contribution in [-0.2, 0) is 16.2 Å². The van der Waals surface area contributed by atoms with Crippen molar-refractivity contribution in [3.05, 3.63) is 69.8 Å². The Morgan fingerprint density at radius 1 is 1.12 bits per heavy atom. The summed E-state index contributed by atoms with van der Waals surface area (Å²) in [5.41, 5.74) is 1.08. The fourth-order valence-corrected chi connectivity index (χ4v) is 1.94. The van der Waals surface area contributed by atoms with Gasteiger partial charge in [0, 0.05) is 12.6 Å². The van der Waals surface area contributed by atoms with E-state index < -0.39 is 11.1 Å². The summed E-state index contributed by atoms with van der Waals surface area (Å²) in [7, 11) is 0. The number of anilines is 1. The van der Waals surface area contributed by atoms with Crippen LogP contribution in [0.25, 0.3) is 0 Å². The number of esters is 1. The van der Waals surface area contributed by atoms with Crippen molar-refractivity contribution in [3.63, 3.8) is 0 Å². The quantitative estimate of drug-likeness (QED) is 0.377. The van der Waals surface area contributed by atoms with Gasteiger partial charge < -0.3 is 14.9 Å². The molecule has 0 aliphatic heterocycles. The van der Waals surface area contributed by atoms with Gasteiger partial charge in [-0.1, -0.05) is 18.2 Å². The lowest BCUT2D eigenvalue weighted by molar-refractivity contribution is -0.763. The second-order valence-corrected chi connectivity index (χ2v) is 4.75. The number of carbonyl (C=O) groups is 2. The molecule has 0 bridgehead atoms. The van der Waals surface area contributed by atoms with Gasteiger partial charge in [0.2, 0.25) is 5.91 Å². The van der Waals surface area contributed by atoms with E-state index in [0.717, 1.165) is 0 Å². The van der Waals surface area contributed by atoms with Gasteiger partial charge in [0.25, 0.3) is 5.09 Å². The van der Waals surface area contributed by atoms with E-state index in [9.17, 15) is 19.7 Å². The molecule has 24 heavy (non-hydrogen) atoms. The van der Waals surface area contributed by atoms with Crippen LogP contribution in [-0.4, -0.2) is 17.0 Å². The van der Waals surface area contributed by atoms with Gasteiger partial charge in [0.05, 0.1) is 5.56 Å². The number of amides is 1. The van der Waals surface area contributed by atoms with Crippen molar-refractivity contribution < 1.29 is 24.3 Å². The lowest BCUT2D eigenvalue weighted by Crippen LogP contribution is -2.13. The molecule has 0 atom stereocenters. The van der Waals surface area contributed by atoms with Crippen molar-refractivity contribution in [1.82, 2.24) is 0 Å². The fraction of sp³-hybridized carbons (Fsp3) is 0.125. The molecule has 0 aliphatic rings. The Morgan fingerprint density at radius 3 is 2.42 bits per heavy atom. The number of benzene rings is 2. The second-order valence-electron chi connectivity index (χ2n) is 4.75. The number of nitrogens with zero attached hydrogens (tertiary/aromatic N) is 1. The minimum absolute atomic E-state index is 0.172. The van der Waals surface area contributed by atoms with E-state index in [2.05, 4.69) is 10.2 Å². The molecule has 0 saturated heterocycles. The van der Waals surface area contributed by atoms with Crippen molar-refractivity contribution in [2.24, 2.45) is 0 Å². The summed E-state index contributed by atoms with van der Waals surface area (Å²) < 4.78 is 5.23. The molecule has 0 aromatic heterocycles. The van der Waals surface area contributed by atoms with Crippen LogP contribution >= 0.6 is 0 Å². The standard InChI is InChI=1S/C16H14N2O6/c1-11(19)17-13-6-8-14(9-7-13)24-16(20)15-5-3-2-4-12(15)10-23-18(21)22/h2-9H,10H2,1H3,(H,17,19). The molecule has 1 N–H and O–H groups in total. The van der Waals surface area contributed by atoms with Crippen LogP contribution in [0.4, 0.5) is 5.69 Å². The number of hydrogen-bond donors (Lipinski definition) is 1. The summed E-state index contributed by atoms with van der Waals surface area (Å²) in [6, 6.07) is 12.5. The molecule has 0 unspecified atom stereocenters. The molecule has 0 fully saturated rings. The maximum absolute atomic E-state index is 12.2. The van der Waals surface area contributed by atoms with Gasteiger partial charge in [0.15, 0.2) is 0 Å². The monoisotopic (exact) mass is 330 g/mol. The molecule has 8 heteroatoms. The molecule has 8 nitrogen and oxygen atoms in total. The largest absolute Gasteiger partial charge is 0.423 e. The summed E-state index contributed by atoms with van der Waals surface area (Å²) in [6.07, 6.45) is 0. The van der Waals surface area contributed by atoms with Gasteiger partial charge in [-0.2, -0.15) is 0 Å². The molecule has 0 spiro atoms. The fourth-order valence-electron chi connectivity index (χ4n) is 1.94. The lowest BCUT2D eigenvalue weighted by Gasteiger charge is -2.09. The highest BCUT2D eigenvalue weighted by atomic mass is 16.9. The molecule has 0 saturated carbocycles. The maximum Gasteiger partial charge on any atom is 0.343 e. The molecule has 124 valence electrons. The van der Waals surface area contributed by atoms with Gasteiger partial charge in [0.1, 0.15) is 12.4 Å². The number of ether oxygens (including phenoxy) is 1. The van der Waals surface area contributed by atoms with Gasteiger partial charge in [-0.25, -0.2) is 4.79 Å². The normalized spacial score (nSPS) is 9.88. The predicted molar refractivity (Wildman–Crippen MR) is 83.9 cm³/mol. The first-order valence-electron chi connectivity index (χ1n) is 6.91. The Kier molecular flexibility index (Phi) is 5.45. The van der Waals surface area contributed by atoms with Crippen molar-refractivity contribution >= 4 is 17.6 Å². The summed E-state index contributed by atoms with van der Waals surface area (Å²) in [5.74, 6) is -0.594. The molecule has 0 aliphatic carbocycles. The number of rotatable bonds is 6.